The number of aryl methyl sites for hydroxylation is 1. The Labute approximate surface area is 84.5 Å². The van der Waals surface area contributed by atoms with Crippen molar-refractivity contribution in [2.24, 2.45) is 0 Å². The number of rotatable bonds is 1. The van der Waals surface area contributed by atoms with Crippen LogP contribution in [0, 0.1) is 6.92 Å². The topological polar surface area (TPSA) is 34.2 Å². The summed E-state index contributed by atoms with van der Waals surface area (Å²) in [5.41, 5.74) is 2.26. The van der Waals surface area contributed by atoms with Gasteiger partial charge in [0.05, 0.1) is 12.2 Å². The lowest BCUT2D eigenvalue weighted by Crippen LogP contribution is -2.39. The van der Waals surface area contributed by atoms with Gasteiger partial charge in [0.2, 0.25) is 0 Å². The molecule has 0 radical (unpaired) electrons. The van der Waals surface area contributed by atoms with E-state index in [0.717, 1.165) is 18.8 Å². The van der Waals surface area contributed by atoms with Crippen molar-refractivity contribution in [2.75, 3.05) is 13.1 Å². The Morgan fingerprint density at radius 2 is 2.36 bits per heavy atom. The van der Waals surface area contributed by atoms with Crippen molar-refractivity contribution in [3.05, 3.63) is 29.6 Å². The minimum Gasteiger partial charge on any atom is -0.368 e. The first-order valence-electron chi connectivity index (χ1n) is 5.05. The van der Waals surface area contributed by atoms with Crippen LogP contribution in [-0.4, -0.2) is 24.2 Å². The minimum atomic E-state index is 0.160. The fourth-order valence-electron chi connectivity index (χ4n) is 1.81. The van der Waals surface area contributed by atoms with Crippen LogP contribution < -0.4 is 5.32 Å². The van der Waals surface area contributed by atoms with Gasteiger partial charge in [0.25, 0.3) is 0 Å². The second-order valence-corrected chi connectivity index (χ2v) is 3.77. The zero-order valence-electron chi connectivity index (χ0n) is 8.66. The Morgan fingerprint density at radius 1 is 1.50 bits per heavy atom. The highest BCUT2D eigenvalue weighted by Crippen LogP contribution is 2.22. The van der Waals surface area contributed by atoms with Crippen molar-refractivity contribution >= 4 is 0 Å². The van der Waals surface area contributed by atoms with Gasteiger partial charge in [0.15, 0.2) is 0 Å². The molecule has 0 spiro atoms. The second-order valence-electron chi connectivity index (χ2n) is 3.77. The molecule has 2 unspecified atom stereocenters. The fourth-order valence-corrected chi connectivity index (χ4v) is 1.81. The maximum atomic E-state index is 5.85. The lowest BCUT2D eigenvalue weighted by atomic mass is 10.1. The molecule has 1 saturated heterocycles. The molecule has 1 fully saturated rings. The van der Waals surface area contributed by atoms with Gasteiger partial charge in [-0.25, -0.2) is 0 Å². The number of nitrogens with zero attached hydrogens (tertiary/aromatic N) is 1. The Morgan fingerprint density at radius 3 is 3.07 bits per heavy atom. The Kier molecular flexibility index (Phi) is 2.79. The van der Waals surface area contributed by atoms with E-state index in [1.807, 2.05) is 19.2 Å². The third-order valence-corrected chi connectivity index (χ3v) is 2.55. The van der Waals surface area contributed by atoms with Crippen molar-refractivity contribution in [1.82, 2.24) is 10.3 Å². The van der Waals surface area contributed by atoms with Crippen LogP contribution in [0.25, 0.3) is 0 Å². The summed E-state index contributed by atoms with van der Waals surface area (Å²) < 4.78 is 5.85. The van der Waals surface area contributed by atoms with Gasteiger partial charge in [-0.2, -0.15) is 0 Å². The molecule has 0 bridgehead atoms. The smallest absolute Gasteiger partial charge is 0.0970 e. The summed E-state index contributed by atoms with van der Waals surface area (Å²) in [5.74, 6) is 0. The first kappa shape index (κ1) is 9.62. The zero-order valence-corrected chi connectivity index (χ0v) is 8.66. The number of pyridine rings is 1. The third kappa shape index (κ3) is 1.94. The van der Waals surface area contributed by atoms with E-state index in [0.29, 0.717) is 0 Å². The van der Waals surface area contributed by atoms with E-state index >= 15 is 0 Å². The summed E-state index contributed by atoms with van der Waals surface area (Å²) in [6.07, 6.45) is 2.26. The molecule has 1 aliphatic heterocycles. The molecule has 14 heavy (non-hydrogen) atoms. The number of hydrogen-bond donors (Lipinski definition) is 1. The summed E-state index contributed by atoms with van der Waals surface area (Å²) in [7, 11) is 0. The van der Waals surface area contributed by atoms with E-state index < -0.39 is 0 Å². The van der Waals surface area contributed by atoms with Crippen LogP contribution in [0.5, 0.6) is 0 Å². The maximum absolute atomic E-state index is 5.85. The Balaban J connectivity index is 2.18. The quantitative estimate of drug-likeness (QED) is 0.731. The van der Waals surface area contributed by atoms with Crippen LogP contribution >= 0.6 is 0 Å². The molecule has 1 aromatic heterocycles. The molecular weight excluding hydrogens is 176 g/mol. The zero-order chi connectivity index (χ0) is 9.97. The summed E-state index contributed by atoms with van der Waals surface area (Å²) in [6, 6.07) is 4.05. The highest BCUT2D eigenvalue weighted by atomic mass is 16.5. The molecule has 0 aromatic carbocycles. The summed E-state index contributed by atoms with van der Waals surface area (Å²) in [4.78, 5) is 4.27. The standard InChI is InChI=1S/C11H16N2O/c1-8-6-12-7-11(14-8)10-4-3-5-13-9(10)2/h3-5,8,11-12H,6-7H2,1-2H3. The first-order chi connectivity index (χ1) is 6.77. The lowest BCUT2D eigenvalue weighted by molar-refractivity contribution is -0.0291. The molecular formula is C11H16N2O. The molecule has 0 saturated carbocycles. The number of nitrogens with one attached hydrogen (secondary N) is 1. The number of morpholine rings is 1. The number of ether oxygens (including phenoxy) is 1. The van der Waals surface area contributed by atoms with Gasteiger partial charge in [-0.05, 0) is 19.9 Å². The Hall–Kier alpha value is -0.930. The summed E-state index contributed by atoms with van der Waals surface area (Å²) in [6.45, 7) is 5.94. The number of aromatic nitrogens is 1. The van der Waals surface area contributed by atoms with E-state index in [9.17, 15) is 0 Å². The van der Waals surface area contributed by atoms with Crippen LogP contribution in [0.3, 0.4) is 0 Å². The maximum Gasteiger partial charge on any atom is 0.0970 e. The second kappa shape index (κ2) is 4.07. The molecule has 76 valence electrons. The predicted octanol–water partition coefficient (Wildman–Crippen LogP) is 1.44. The van der Waals surface area contributed by atoms with Crippen LogP contribution in [0.4, 0.5) is 0 Å². The van der Waals surface area contributed by atoms with Crippen molar-refractivity contribution in [2.45, 2.75) is 26.1 Å². The molecule has 2 rings (SSSR count). The van der Waals surface area contributed by atoms with Crippen LogP contribution in [0.1, 0.15) is 24.3 Å². The van der Waals surface area contributed by atoms with Crippen molar-refractivity contribution in [3.8, 4) is 0 Å². The molecule has 1 aromatic rings. The molecule has 1 aliphatic rings. The highest BCUT2D eigenvalue weighted by Gasteiger charge is 2.21. The van der Waals surface area contributed by atoms with Gasteiger partial charge in [-0.15, -0.1) is 0 Å². The van der Waals surface area contributed by atoms with Gasteiger partial charge < -0.3 is 10.1 Å². The summed E-state index contributed by atoms with van der Waals surface area (Å²) in [5, 5.41) is 3.36. The number of hydrogen-bond acceptors (Lipinski definition) is 3. The largest absolute Gasteiger partial charge is 0.368 e. The highest BCUT2D eigenvalue weighted by molar-refractivity contribution is 5.21. The molecule has 1 N–H and O–H groups in total. The molecule has 0 aliphatic carbocycles. The molecule has 3 heteroatoms. The van der Waals surface area contributed by atoms with Crippen LogP contribution in [0.15, 0.2) is 18.3 Å². The van der Waals surface area contributed by atoms with Crippen molar-refractivity contribution < 1.29 is 4.74 Å². The Bertz CT molecular complexity index is 314. The summed E-state index contributed by atoms with van der Waals surface area (Å²) >= 11 is 0. The normalized spacial score (nSPS) is 27.6. The third-order valence-electron chi connectivity index (χ3n) is 2.55. The predicted molar refractivity (Wildman–Crippen MR) is 55.1 cm³/mol. The molecule has 2 heterocycles. The average Bonchev–Trinajstić information content (AvgIpc) is 2.18. The van der Waals surface area contributed by atoms with Gasteiger partial charge in [0.1, 0.15) is 0 Å². The van der Waals surface area contributed by atoms with E-state index in [1.165, 1.54) is 5.56 Å². The van der Waals surface area contributed by atoms with E-state index in [4.69, 9.17) is 4.74 Å². The fraction of sp³-hybridized carbons (Fsp3) is 0.545. The van der Waals surface area contributed by atoms with Gasteiger partial charge >= 0.3 is 0 Å². The van der Waals surface area contributed by atoms with Crippen molar-refractivity contribution in [3.63, 3.8) is 0 Å². The van der Waals surface area contributed by atoms with Gasteiger partial charge in [0, 0.05) is 30.5 Å². The molecule has 0 amide bonds. The SMILES string of the molecule is Cc1ncccc1C1CNCC(C)O1. The van der Waals surface area contributed by atoms with Gasteiger partial charge in [-0.3, -0.25) is 4.98 Å². The van der Waals surface area contributed by atoms with E-state index in [2.05, 4.69) is 23.3 Å². The molecule has 3 nitrogen and oxygen atoms in total. The van der Waals surface area contributed by atoms with E-state index in [-0.39, 0.29) is 12.2 Å². The minimum absolute atomic E-state index is 0.160. The van der Waals surface area contributed by atoms with Crippen LogP contribution in [-0.2, 0) is 4.74 Å². The monoisotopic (exact) mass is 192 g/mol. The van der Waals surface area contributed by atoms with Gasteiger partial charge in [-0.1, -0.05) is 6.07 Å². The molecule has 2 atom stereocenters. The van der Waals surface area contributed by atoms with Crippen LogP contribution in [0.2, 0.25) is 0 Å². The van der Waals surface area contributed by atoms with Crippen molar-refractivity contribution in [1.29, 1.82) is 0 Å². The average molecular weight is 192 g/mol. The van der Waals surface area contributed by atoms with E-state index in [1.54, 1.807) is 0 Å². The lowest BCUT2D eigenvalue weighted by Gasteiger charge is -2.29. The first-order valence-corrected chi connectivity index (χ1v) is 5.05.